The molecule has 0 saturated heterocycles. The molecule has 2 aromatic carbocycles. The molecule has 8 heteroatoms. The van der Waals surface area contributed by atoms with Crippen LogP contribution in [-0.4, -0.2) is 29.9 Å². The van der Waals surface area contributed by atoms with Gasteiger partial charge in [-0.3, -0.25) is 9.59 Å². The van der Waals surface area contributed by atoms with Crippen LogP contribution in [0.5, 0.6) is 11.5 Å². The lowest BCUT2D eigenvalue weighted by Gasteiger charge is -2.13. The maximum atomic E-state index is 12.7. The Morgan fingerprint density at radius 3 is 2.69 bits per heavy atom. The molecule has 7 nitrogen and oxygen atoms in total. The number of ether oxygens (including phenoxy) is 2. The predicted octanol–water partition coefficient (Wildman–Crippen LogP) is 4.11. The van der Waals surface area contributed by atoms with Gasteiger partial charge in [0.05, 0.1) is 26.0 Å². The molecule has 32 heavy (non-hydrogen) atoms. The summed E-state index contributed by atoms with van der Waals surface area (Å²) in [4.78, 5) is 25.3. The molecule has 3 rings (SSSR count). The Hall–Kier alpha value is -3.58. The summed E-state index contributed by atoms with van der Waals surface area (Å²) in [5, 5.41) is 4.56. The van der Waals surface area contributed by atoms with Gasteiger partial charge < -0.3 is 14.0 Å². The SMILES string of the molecule is COc1ccc(/C=N\NC(=O)c2cccn(Cc3cccc(Cl)c3)c2=O)cc1OC(C)C. The predicted molar refractivity (Wildman–Crippen MR) is 125 cm³/mol. The molecule has 0 atom stereocenters. The molecule has 0 aliphatic rings. The maximum absolute atomic E-state index is 12.7. The third-order valence-electron chi connectivity index (χ3n) is 4.44. The monoisotopic (exact) mass is 453 g/mol. The number of benzene rings is 2. The smallest absolute Gasteiger partial charge is 0.276 e. The number of aromatic nitrogens is 1. The minimum atomic E-state index is -0.598. The van der Waals surface area contributed by atoms with E-state index in [1.807, 2.05) is 26.0 Å². The van der Waals surface area contributed by atoms with Gasteiger partial charge in [-0.1, -0.05) is 23.7 Å². The van der Waals surface area contributed by atoms with E-state index in [0.29, 0.717) is 28.6 Å². The number of hydrogen-bond acceptors (Lipinski definition) is 5. The van der Waals surface area contributed by atoms with Crippen LogP contribution in [0.15, 0.2) is 70.7 Å². The average Bonchev–Trinajstić information content (AvgIpc) is 2.75. The number of rotatable bonds is 8. The van der Waals surface area contributed by atoms with Crippen molar-refractivity contribution in [3.05, 3.63) is 92.9 Å². The molecule has 0 saturated carbocycles. The van der Waals surface area contributed by atoms with Crippen LogP contribution in [0.3, 0.4) is 0 Å². The van der Waals surface area contributed by atoms with Crippen molar-refractivity contribution in [2.75, 3.05) is 7.11 Å². The second kappa shape index (κ2) is 10.6. The van der Waals surface area contributed by atoms with E-state index in [4.69, 9.17) is 21.1 Å². The summed E-state index contributed by atoms with van der Waals surface area (Å²) in [5.41, 5.74) is 3.53. The number of hydrogen-bond donors (Lipinski definition) is 1. The lowest BCUT2D eigenvalue weighted by atomic mass is 10.2. The highest BCUT2D eigenvalue weighted by atomic mass is 35.5. The molecule has 1 aromatic heterocycles. The maximum Gasteiger partial charge on any atom is 0.276 e. The summed E-state index contributed by atoms with van der Waals surface area (Å²) in [6.07, 6.45) is 3.07. The molecular weight excluding hydrogens is 430 g/mol. The normalized spacial score (nSPS) is 11.0. The molecule has 0 radical (unpaired) electrons. The molecule has 3 aromatic rings. The zero-order chi connectivity index (χ0) is 23.1. The second-order valence-corrected chi connectivity index (χ2v) is 7.70. The summed E-state index contributed by atoms with van der Waals surface area (Å²) in [6.45, 7) is 4.13. The number of nitrogens with zero attached hydrogens (tertiary/aromatic N) is 2. The van der Waals surface area contributed by atoms with Crippen LogP contribution >= 0.6 is 11.6 Å². The Morgan fingerprint density at radius 1 is 1.16 bits per heavy atom. The van der Waals surface area contributed by atoms with Gasteiger partial charge in [0.25, 0.3) is 11.5 Å². The Morgan fingerprint density at radius 2 is 1.97 bits per heavy atom. The van der Waals surface area contributed by atoms with Crippen LogP contribution in [0.25, 0.3) is 0 Å². The molecule has 1 N–H and O–H groups in total. The van der Waals surface area contributed by atoms with Gasteiger partial charge in [0.1, 0.15) is 5.56 Å². The summed E-state index contributed by atoms with van der Waals surface area (Å²) in [7, 11) is 1.57. The van der Waals surface area contributed by atoms with E-state index in [2.05, 4.69) is 10.5 Å². The largest absolute Gasteiger partial charge is 0.493 e. The minimum Gasteiger partial charge on any atom is -0.493 e. The first-order valence-corrected chi connectivity index (χ1v) is 10.4. The number of methoxy groups -OCH3 is 1. The zero-order valence-electron chi connectivity index (χ0n) is 18.0. The van der Waals surface area contributed by atoms with Crippen molar-refractivity contribution in [2.45, 2.75) is 26.5 Å². The highest BCUT2D eigenvalue weighted by Gasteiger charge is 2.12. The quantitative estimate of drug-likeness (QED) is 0.411. The van der Waals surface area contributed by atoms with Crippen molar-refractivity contribution in [3.8, 4) is 11.5 Å². The summed E-state index contributed by atoms with van der Waals surface area (Å²) >= 11 is 6.01. The Balaban J connectivity index is 1.72. The Bertz CT molecular complexity index is 1190. The van der Waals surface area contributed by atoms with E-state index in [9.17, 15) is 9.59 Å². The van der Waals surface area contributed by atoms with Gasteiger partial charge in [-0.15, -0.1) is 0 Å². The van der Waals surface area contributed by atoms with Crippen molar-refractivity contribution in [3.63, 3.8) is 0 Å². The highest BCUT2D eigenvalue weighted by molar-refractivity contribution is 6.30. The van der Waals surface area contributed by atoms with Gasteiger partial charge in [0.2, 0.25) is 0 Å². The lowest BCUT2D eigenvalue weighted by Crippen LogP contribution is -2.30. The summed E-state index contributed by atoms with van der Waals surface area (Å²) in [6, 6.07) is 15.6. The Kier molecular flexibility index (Phi) is 7.68. The van der Waals surface area contributed by atoms with Crippen LogP contribution in [0.4, 0.5) is 0 Å². The molecule has 0 unspecified atom stereocenters. The standard InChI is InChI=1S/C24H24ClN3O4/c1-16(2)32-22-13-17(9-10-21(22)31-3)14-26-27-23(29)20-8-5-11-28(24(20)30)15-18-6-4-7-19(25)12-18/h4-14,16H,15H2,1-3H3,(H,27,29)/b26-14-. The van der Waals surface area contributed by atoms with Crippen LogP contribution < -0.4 is 20.5 Å². The molecule has 1 amide bonds. The van der Waals surface area contributed by atoms with Gasteiger partial charge in [-0.05, 0) is 67.4 Å². The third-order valence-corrected chi connectivity index (χ3v) is 4.67. The van der Waals surface area contributed by atoms with E-state index >= 15 is 0 Å². The fourth-order valence-corrected chi connectivity index (χ4v) is 3.22. The summed E-state index contributed by atoms with van der Waals surface area (Å²) in [5.74, 6) is 0.577. The van der Waals surface area contributed by atoms with E-state index in [1.165, 1.54) is 16.8 Å². The topological polar surface area (TPSA) is 81.9 Å². The first-order chi connectivity index (χ1) is 15.4. The number of halogens is 1. The second-order valence-electron chi connectivity index (χ2n) is 7.26. The molecule has 0 bridgehead atoms. The van der Waals surface area contributed by atoms with Crippen LogP contribution in [0.1, 0.15) is 35.3 Å². The zero-order valence-corrected chi connectivity index (χ0v) is 18.8. The number of carbonyl (C=O) groups excluding carboxylic acids is 1. The molecular formula is C24H24ClN3O4. The number of pyridine rings is 1. The van der Waals surface area contributed by atoms with E-state index in [1.54, 1.807) is 49.7 Å². The van der Waals surface area contributed by atoms with Crippen molar-refractivity contribution >= 4 is 23.7 Å². The van der Waals surface area contributed by atoms with Gasteiger partial charge >= 0.3 is 0 Å². The first-order valence-electron chi connectivity index (χ1n) is 9.99. The fraction of sp³-hybridized carbons (Fsp3) is 0.208. The Labute approximate surface area is 191 Å². The van der Waals surface area contributed by atoms with Crippen molar-refractivity contribution in [2.24, 2.45) is 5.10 Å². The average molecular weight is 454 g/mol. The molecule has 0 aliphatic carbocycles. The fourth-order valence-electron chi connectivity index (χ4n) is 3.01. The van der Waals surface area contributed by atoms with Crippen molar-refractivity contribution < 1.29 is 14.3 Å². The number of amides is 1. The third kappa shape index (κ3) is 5.98. The number of hydrazone groups is 1. The van der Waals surface area contributed by atoms with Gasteiger partial charge in [-0.25, -0.2) is 5.43 Å². The van der Waals surface area contributed by atoms with Gasteiger partial charge in [0.15, 0.2) is 11.5 Å². The first kappa shape index (κ1) is 23.1. The van der Waals surface area contributed by atoms with Gasteiger partial charge in [0, 0.05) is 11.2 Å². The number of carbonyl (C=O) groups is 1. The van der Waals surface area contributed by atoms with E-state index in [-0.39, 0.29) is 11.7 Å². The van der Waals surface area contributed by atoms with Crippen LogP contribution in [0, 0.1) is 0 Å². The molecule has 0 fully saturated rings. The summed E-state index contributed by atoms with van der Waals surface area (Å²) < 4.78 is 12.5. The van der Waals surface area contributed by atoms with E-state index in [0.717, 1.165) is 5.56 Å². The minimum absolute atomic E-state index is 0.00904. The van der Waals surface area contributed by atoms with Gasteiger partial charge in [-0.2, -0.15) is 5.10 Å². The van der Waals surface area contributed by atoms with Crippen molar-refractivity contribution in [1.82, 2.24) is 9.99 Å². The van der Waals surface area contributed by atoms with Crippen molar-refractivity contribution in [1.29, 1.82) is 0 Å². The van der Waals surface area contributed by atoms with E-state index < -0.39 is 11.5 Å². The molecule has 0 spiro atoms. The molecule has 166 valence electrons. The van der Waals surface area contributed by atoms with Crippen LogP contribution in [-0.2, 0) is 6.54 Å². The lowest BCUT2D eigenvalue weighted by molar-refractivity contribution is 0.0953. The number of nitrogens with one attached hydrogen (secondary N) is 1. The highest BCUT2D eigenvalue weighted by Crippen LogP contribution is 2.28. The molecule has 1 heterocycles. The molecule has 0 aliphatic heterocycles. The van der Waals surface area contributed by atoms with Crippen LogP contribution in [0.2, 0.25) is 5.02 Å².